The van der Waals surface area contributed by atoms with E-state index in [1.807, 2.05) is 4.98 Å². The van der Waals surface area contributed by atoms with Crippen molar-refractivity contribution >= 4 is 15.6 Å². The van der Waals surface area contributed by atoms with Gasteiger partial charge in [-0.3, -0.25) is 23.4 Å². The molecule has 0 spiro atoms. The zero-order chi connectivity index (χ0) is 27.0. The summed E-state index contributed by atoms with van der Waals surface area (Å²) >= 11 is 0. The highest BCUT2D eigenvalue weighted by Gasteiger charge is 2.50. The van der Waals surface area contributed by atoms with Gasteiger partial charge in [-0.2, -0.15) is 4.31 Å². The van der Waals surface area contributed by atoms with Gasteiger partial charge in [0.05, 0.1) is 13.2 Å². The molecule has 1 aromatic heterocycles. The van der Waals surface area contributed by atoms with Crippen LogP contribution in [0.3, 0.4) is 0 Å². The van der Waals surface area contributed by atoms with E-state index in [4.69, 9.17) is 28.3 Å². The normalized spacial score (nSPS) is 37.1. The van der Waals surface area contributed by atoms with Crippen LogP contribution in [-0.4, -0.2) is 112 Å². The van der Waals surface area contributed by atoms with Gasteiger partial charge in [0.1, 0.15) is 42.7 Å². The van der Waals surface area contributed by atoms with Crippen molar-refractivity contribution in [1.29, 1.82) is 0 Å². The van der Waals surface area contributed by atoms with Gasteiger partial charge in [-0.05, 0) is 0 Å². The molecular weight excluding hydrogens is 542 g/mol. The van der Waals surface area contributed by atoms with Crippen LogP contribution < -0.4 is 11.2 Å². The van der Waals surface area contributed by atoms with Crippen molar-refractivity contribution in [2.45, 2.75) is 55.2 Å². The van der Waals surface area contributed by atoms with E-state index in [1.165, 1.54) is 0 Å². The second-order valence-corrected chi connectivity index (χ2v) is 10.7. The van der Waals surface area contributed by atoms with Crippen molar-refractivity contribution in [3.8, 4) is 0 Å². The van der Waals surface area contributed by atoms with Crippen molar-refractivity contribution < 1.29 is 72.4 Å². The zero-order valence-corrected chi connectivity index (χ0v) is 19.6. The predicted octanol–water partition coefficient (Wildman–Crippen LogP) is -4.79. The molecule has 0 aliphatic carbocycles. The molecule has 3 unspecified atom stereocenters. The lowest BCUT2D eigenvalue weighted by atomic mass is 10.00. The molecule has 0 aromatic carbocycles. The summed E-state index contributed by atoms with van der Waals surface area (Å²) in [6.07, 6.45) is -15.6. The van der Waals surface area contributed by atoms with Gasteiger partial charge in [0.2, 0.25) is 0 Å². The van der Waals surface area contributed by atoms with E-state index in [9.17, 15) is 49.4 Å². The first-order valence-corrected chi connectivity index (χ1v) is 13.0. The van der Waals surface area contributed by atoms with Gasteiger partial charge in [-0.1, -0.05) is 0 Å². The number of phosphoric ester groups is 1. The van der Waals surface area contributed by atoms with Crippen LogP contribution in [0.4, 0.5) is 0 Å². The van der Waals surface area contributed by atoms with Gasteiger partial charge >= 0.3 is 21.3 Å². The fourth-order valence-corrected chi connectivity index (χ4v) is 5.58. The number of rotatable bonds is 9. The molecule has 19 nitrogen and oxygen atoms in total. The fraction of sp³-hybridized carbons (Fsp3) is 0.733. The highest BCUT2D eigenvalue weighted by molar-refractivity contribution is 7.61. The third-order valence-electron chi connectivity index (χ3n) is 5.15. The monoisotopic (exact) mass is 566 g/mol. The summed E-state index contributed by atoms with van der Waals surface area (Å²) in [5.41, 5.74) is -1.77. The summed E-state index contributed by atoms with van der Waals surface area (Å²) < 4.78 is 48.9. The zero-order valence-electron chi connectivity index (χ0n) is 17.9. The quantitative estimate of drug-likeness (QED) is 0.127. The van der Waals surface area contributed by atoms with Crippen molar-refractivity contribution in [2.24, 2.45) is 0 Å². The van der Waals surface area contributed by atoms with E-state index in [0.717, 1.165) is 12.3 Å². The van der Waals surface area contributed by atoms with Crippen LogP contribution in [0.15, 0.2) is 21.9 Å². The topological polar surface area (TPSA) is 297 Å². The number of aliphatic hydroxyl groups excluding tert-OH is 6. The Balaban J connectivity index is 1.77. The van der Waals surface area contributed by atoms with E-state index in [1.54, 1.807) is 0 Å². The van der Waals surface area contributed by atoms with E-state index >= 15 is 0 Å². The molecule has 9 N–H and O–H groups in total. The smallest absolute Gasteiger partial charge is 0.394 e. The average molecular weight is 566 g/mol. The van der Waals surface area contributed by atoms with Crippen LogP contribution >= 0.6 is 15.6 Å². The molecule has 21 heteroatoms. The number of ether oxygens (including phenoxy) is 2. The first-order chi connectivity index (χ1) is 16.7. The van der Waals surface area contributed by atoms with Gasteiger partial charge in [-0.15, -0.1) is 0 Å². The second-order valence-electron chi connectivity index (χ2n) is 7.68. The molecule has 206 valence electrons. The van der Waals surface area contributed by atoms with Crippen molar-refractivity contribution in [3.05, 3.63) is 33.1 Å². The summed E-state index contributed by atoms with van der Waals surface area (Å²) in [7, 11) is -11.1. The Morgan fingerprint density at radius 3 is 2.17 bits per heavy atom. The molecule has 2 aliphatic rings. The van der Waals surface area contributed by atoms with Crippen molar-refractivity contribution in [3.63, 3.8) is 0 Å². The standard InChI is InChI=1S/C15H24N2O17P2/c18-3-5-8(20)10(22)12(24)14(32-5)33-36(29,34-35(26,27)28)30-4-6-9(21)11(23)13(31-6)17-2-1-7(19)16-15(17)25/h1-2,5-6,8-14,18,20-24H,3-4H2,(H,16,19,25)(H2,26,27,28)/t5-,6+,8+,9?,10+,11?,12-,13+,14+,36?/m1/s1. The third kappa shape index (κ3) is 6.54. The highest BCUT2D eigenvalue weighted by atomic mass is 31.3. The Kier molecular flexibility index (Phi) is 9.05. The Morgan fingerprint density at radius 1 is 0.944 bits per heavy atom. The van der Waals surface area contributed by atoms with Crippen LogP contribution in [0, 0.1) is 0 Å². The number of nitrogens with zero attached hydrogens (tertiary/aromatic N) is 1. The van der Waals surface area contributed by atoms with E-state index in [2.05, 4.69) is 4.31 Å². The lowest BCUT2D eigenvalue weighted by Crippen LogP contribution is -2.59. The molecule has 0 bridgehead atoms. The first kappa shape index (κ1) is 29.2. The Labute approximate surface area is 199 Å². The lowest BCUT2D eigenvalue weighted by Gasteiger charge is -2.40. The largest absolute Gasteiger partial charge is 0.486 e. The van der Waals surface area contributed by atoms with Crippen LogP contribution in [0.5, 0.6) is 0 Å². The summed E-state index contributed by atoms with van der Waals surface area (Å²) in [6.45, 7) is -1.97. The predicted molar refractivity (Wildman–Crippen MR) is 109 cm³/mol. The summed E-state index contributed by atoms with van der Waals surface area (Å²) in [6, 6.07) is 0.921. The summed E-state index contributed by atoms with van der Waals surface area (Å²) in [5, 5.41) is 59.3. The number of phosphoric acid groups is 2. The molecule has 0 saturated carbocycles. The number of aromatic amines is 1. The first-order valence-electron chi connectivity index (χ1n) is 9.99. The average Bonchev–Trinajstić information content (AvgIpc) is 3.05. The number of nitrogens with one attached hydrogen (secondary N) is 1. The van der Waals surface area contributed by atoms with Crippen molar-refractivity contribution in [1.82, 2.24) is 9.55 Å². The lowest BCUT2D eigenvalue weighted by molar-refractivity contribution is -0.281. The van der Waals surface area contributed by atoms with Crippen molar-refractivity contribution in [2.75, 3.05) is 13.2 Å². The van der Waals surface area contributed by atoms with Gasteiger partial charge < -0.3 is 49.9 Å². The van der Waals surface area contributed by atoms with Crippen LogP contribution in [0.1, 0.15) is 6.23 Å². The number of H-pyrrole nitrogens is 1. The molecule has 2 aliphatic heterocycles. The van der Waals surface area contributed by atoms with E-state index in [0.29, 0.717) is 4.57 Å². The fourth-order valence-electron chi connectivity index (χ4n) is 3.37. The Morgan fingerprint density at radius 2 is 1.58 bits per heavy atom. The molecular formula is C15H24N2O17P2. The summed E-state index contributed by atoms with van der Waals surface area (Å²) in [5.74, 6) is 0. The van der Waals surface area contributed by atoms with Gasteiger partial charge in [0.25, 0.3) is 5.56 Å². The van der Waals surface area contributed by atoms with E-state index in [-0.39, 0.29) is 0 Å². The highest BCUT2D eigenvalue weighted by Crippen LogP contribution is 2.62. The maximum Gasteiger partial charge on any atom is 0.486 e. The number of hydrogen-bond acceptors (Lipinski definition) is 15. The minimum atomic E-state index is -5.63. The number of hydrogen-bond donors (Lipinski definition) is 9. The van der Waals surface area contributed by atoms with E-state index < -0.39 is 95.4 Å². The third-order valence-corrected chi connectivity index (χ3v) is 7.73. The van der Waals surface area contributed by atoms with Crippen LogP contribution in [-0.2, 0) is 32.0 Å². The van der Waals surface area contributed by atoms with Crippen LogP contribution in [0.25, 0.3) is 0 Å². The van der Waals surface area contributed by atoms with Gasteiger partial charge in [-0.25, -0.2) is 13.9 Å². The number of aromatic nitrogens is 2. The molecule has 1 aromatic rings. The van der Waals surface area contributed by atoms with Gasteiger partial charge in [0.15, 0.2) is 12.5 Å². The maximum absolute atomic E-state index is 13.0. The SMILES string of the molecule is O=c1ccn([C@H]2O[C@@H](COP(=O)(O[C@@H]3O[C@H](CO)[C@H](O)[C@H](O)[C@H]3O)OP(=O)(O)O)C(O)C2O)c(=O)[nH]1. The molecule has 2 saturated heterocycles. The molecule has 10 atom stereocenters. The summed E-state index contributed by atoms with van der Waals surface area (Å²) in [4.78, 5) is 43.3. The van der Waals surface area contributed by atoms with Crippen LogP contribution in [0.2, 0.25) is 0 Å². The molecule has 36 heavy (non-hydrogen) atoms. The van der Waals surface area contributed by atoms with Gasteiger partial charge in [0, 0.05) is 12.3 Å². The molecule has 3 rings (SSSR count). The minimum absolute atomic E-state index is 0.714. The number of aliphatic hydroxyl groups is 6. The Bertz CT molecular complexity index is 1120. The molecule has 0 radical (unpaired) electrons. The second kappa shape index (κ2) is 11.2. The minimum Gasteiger partial charge on any atom is -0.394 e. The molecule has 2 fully saturated rings. The molecule has 3 heterocycles. The maximum atomic E-state index is 13.0. The Hall–Kier alpha value is -1.38. The molecule has 0 amide bonds.